The number of nitrogens with two attached hydrogens (primary N) is 1. The van der Waals surface area contributed by atoms with Gasteiger partial charge in [0, 0.05) is 11.9 Å². The van der Waals surface area contributed by atoms with E-state index in [4.69, 9.17) is 10.8 Å². The quantitative estimate of drug-likeness (QED) is 0.826. The summed E-state index contributed by atoms with van der Waals surface area (Å²) < 4.78 is 0. The zero-order chi connectivity index (χ0) is 13.0. The van der Waals surface area contributed by atoms with Crippen LogP contribution in [0.3, 0.4) is 0 Å². The van der Waals surface area contributed by atoms with E-state index in [2.05, 4.69) is 4.98 Å². The van der Waals surface area contributed by atoms with Gasteiger partial charge in [0.25, 0.3) is 0 Å². The summed E-state index contributed by atoms with van der Waals surface area (Å²) >= 11 is 1.53. The minimum atomic E-state index is -0.914. The second kappa shape index (κ2) is 5.55. The largest absolute Gasteiger partial charge is 0.478 e. The Labute approximate surface area is 109 Å². The number of aromatic carboxylic acids is 1. The first-order chi connectivity index (χ1) is 8.66. The molecule has 92 valence electrons. The second-order valence-electron chi connectivity index (χ2n) is 3.69. The van der Waals surface area contributed by atoms with Gasteiger partial charge in [0.15, 0.2) is 0 Å². The van der Waals surface area contributed by atoms with Gasteiger partial charge in [-0.05, 0) is 29.8 Å². The molecular weight excluding hydrogens is 248 g/mol. The maximum absolute atomic E-state index is 10.7. The van der Waals surface area contributed by atoms with Crippen LogP contribution in [0.2, 0.25) is 0 Å². The number of carbonyl (C=O) groups is 1. The van der Waals surface area contributed by atoms with Crippen LogP contribution >= 0.6 is 11.8 Å². The van der Waals surface area contributed by atoms with Crippen molar-refractivity contribution in [3.8, 4) is 0 Å². The molecule has 0 atom stereocenters. The molecule has 0 radical (unpaired) electrons. The number of carboxylic acids is 1. The minimum Gasteiger partial charge on any atom is -0.478 e. The Morgan fingerprint density at radius 1 is 1.28 bits per heavy atom. The van der Waals surface area contributed by atoms with E-state index in [1.54, 1.807) is 36.5 Å². The summed E-state index contributed by atoms with van der Waals surface area (Å²) in [5.41, 5.74) is 7.77. The predicted molar refractivity (Wildman–Crippen MR) is 71.6 cm³/mol. The Morgan fingerprint density at radius 3 is 2.61 bits per heavy atom. The highest BCUT2D eigenvalue weighted by molar-refractivity contribution is 7.98. The first-order valence-corrected chi connectivity index (χ1v) is 6.31. The average Bonchev–Trinajstić information content (AvgIpc) is 2.38. The van der Waals surface area contributed by atoms with E-state index < -0.39 is 5.97 Å². The fourth-order valence-corrected chi connectivity index (χ4v) is 2.29. The maximum Gasteiger partial charge on any atom is 0.335 e. The van der Waals surface area contributed by atoms with E-state index >= 15 is 0 Å². The number of nitrogen functional groups attached to an aromatic ring is 1. The second-order valence-corrected chi connectivity index (χ2v) is 4.65. The van der Waals surface area contributed by atoms with Gasteiger partial charge in [-0.2, -0.15) is 0 Å². The number of nitrogens with zero attached hydrogens (tertiary/aromatic N) is 1. The summed E-state index contributed by atoms with van der Waals surface area (Å²) in [6.07, 6.45) is 1.70. The molecule has 0 aliphatic heterocycles. The van der Waals surface area contributed by atoms with Gasteiger partial charge in [-0.15, -0.1) is 0 Å². The lowest BCUT2D eigenvalue weighted by atomic mass is 10.1. The van der Waals surface area contributed by atoms with E-state index in [-0.39, 0.29) is 0 Å². The zero-order valence-corrected chi connectivity index (χ0v) is 10.4. The van der Waals surface area contributed by atoms with Crippen molar-refractivity contribution in [2.45, 2.75) is 10.8 Å². The molecule has 4 nitrogen and oxygen atoms in total. The summed E-state index contributed by atoms with van der Waals surface area (Å²) in [7, 11) is 0. The van der Waals surface area contributed by atoms with Gasteiger partial charge in [0.2, 0.25) is 0 Å². The number of aromatic nitrogens is 1. The van der Waals surface area contributed by atoms with E-state index in [0.717, 1.165) is 10.6 Å². The summed E-state index contributed by atoms with van der Waals surface area (Å²) in [6.45, 7) is 0. The molecule has 3 N–H and O–H groups in total. The Morgan fingerprint density at radius 2 is 2.00 bits per heavy atom. The van der Waals surface area contributed by atoms with Crippen LogP contribution in [0.1, 0.15) is 15.9 Å². The molecule has 0 saturated heterocycles. The highest BCUT2D eigenvalue weighted by atomic mass is 32.2. The molecule has 0 spiro atoms. The SMILES string of the molecule is Nc1cccnc1SCc1ccc(C(=O)O)cc1. The molecule has 5 heteroatoms. The van der Waals surface area contributed by atoms with Crippen LogP contribution in [-0.2, 0) is 5.75 Å². The monoisotopic (exact) mass is 260 g/mol. The topological polar surface area (TPSA) is 76.2 Å². The number of hydrogen-bond donors (Lipinski definition) is 2. The van der Waals surface area contributed by atoms with E-state index in [1.807, 2.05) is 6.07 Å². The van der Waals surface area contributed by atoms with Gasteiger partial charge in [0.1, 0.15) is 5.03 Å². The molecule has 1 aromatic carbocycles. The van der Waals surface area contributed by atoms with Crippen LogP contribution < -0.4 is 5.73 Å². The molecule has 0 aliphatic carbocycles. The van der Waals surface area contributed by atoms with Gasteiger partial charge in [-0.25, -0.2) is 9.78 Å². The zero-order valence-electron chi connectivity index (χ0n) is 9.54. The van der Waals surface area contributed by atoms with Gasteiger partial charge < -0.3 is 10.8 Å². The van der Waals surface area contributed by atoms with Crippen molar-refractivity contribution in [3.63, 3.8) is 0 Å². The number of benzene rings is 1. The molecule has 1 heterocycles. The lowest BCUT2D eigenvalue weighted by molar-refractivity contribution is 0.0697. The Kier molecular flexibility index (Phi) is 3.84. The van der Waals surface area contributed by atoms with Gasteiger partial charge >= 0.3 is 5.97 Å². The predicted octanol–water partition coefficient (Wildman–Crippen LogP) is 2.65. The summed E-state index contributed by atoms with van der Waals surface area (Å²) in [5.74, 6) is -0.204. The number of rotatable bonds is 4. The van der Waals surface area contributed by atoms with Crippen molar-refractivity contribution in [2.75, 3.05) is 5.73 Å². The Balaban J connectivity index is 2.02. The van der Waals surface area contributed by atoms with Gasteiger partial charge in [-0.3, -0.25) is 0 Å². The number of hydrogen-bond acceptors (Lipinski definition) is 4. The number of pyridine rings is 1. The molecule has 18 heavy (non-hydrogen) atoms. The van der Waals surface area contributed by atoms with Crippen LogP contribution in [-0.4, -0.2) is 16.1 Å². The molecule has 0 unspecified atom stereocenters. The Bertz CT molecular complexity index is 555. The van der Waals surface area contributed by atoms with Crippen molar-refractivity contribution in [1.29, 1.82) is 0 Å². The minimum absolute atomic E-state index is 0.293. The van der Waals surface area contributed by atoms with E-state index in [0.29, 0.717) is 17.0 Å². The molecule has 1 aromatic heterocycles. The van der Waals surface area contributed by atoms with Crippen molar-refractivity contribution in [3.05, 3.63) is 53.7 Å². The van der Waals surface area contributed by atoms with Crippen molar-refractivity contribution < 1.29 is 9.90 Å². The van der Waals surface area contributed by atoms with Crippen LogP contribution in [0.4, 0.5) is 5.69 Å². The van der Waals surface area contributed by atoms with Gasteiger partial charge in [0.05, 0.1) is 11.3 Å². The van der Waals surface area contributed by atoms with Crippen molar-refractivity contribution >= 4 is 23.4 Å². The van der Waals surface area contributed by atoms with E-state index in [1.165, 1.54) is 11.8 Å². The van der Waals surface area contributed by atoms with Gasteiger partial charge in [-0.1, -0.05) is 23.9 Å². The highest BCUT2D eigenvalue weighted by Crippen LogP contribution is 2.25. The smallest absolute Gasteiger partial charge is 0.335 e. The standard InChI is InChI=1S/C13H12N2O2S/c14-11-2-1-7-15-12(11)18-8-9-3-5-10(6-4-9)13(16)17/h1-7H,8,14H2,(H,16,17). The van der Waals surface area contributed by atoms with Crippen LogP contribution in [0.25, 0.3) is 0 Å². The lowest BCUT2D eigenvalue weighted by Gasteiger charge is -2.04. The lowest BCUT2D eigenvalue weighted by Crippen LogP contribution is -1.96. The van der Waals surface area contributed by atoms with E-state index in [9.17, 15) is 4.79 Å². The number of anilines is 1. The molecular formula is C13H12N2O2S. The molecule has 0 amide bonds. The first kappa shape index (κ1) is 12.4. The third-order valence-corrected chi connectivity index (χ3v) is 3.47. The molecule has 0 aliphatic rings. The van der Waals surface area contributed by atoms with Crippen LogP contribution in [0.5, 0.6) is 0 Å². The van der Waals surface area contributed by atoms with Crippen LogP contribution in [0.15, 0.2) is 47.6 Å². The Hall–Kier alpha value is -2.01. The first-order valence-electron chi connectivity index (χ1n) is 5.32. The van der Waals surface area contributed by atoms with Crippen LogP contribution in [0, 0.1) is 0 Å². The third kappa shape index (κ3) is 3.01. The third-order valence-electron chi connectivity index (χ3n) is 2.38. The molecule has 0 fully saturated rings. The fraction of sp³-hybridized carbons (Fsp3) is 0.0769. The molecule has 2 rings (SSSR count). The number of thioether (sulfide) groups is 1. The summed E-state index contributed by atoms with van der Waals surface area (Å²) in [5, 5.41) is 9.58. The van der Waals surface area contributed by atoms with Crippen molar-refractivity contribution in [2.24, 2.45) is 0 Å². The molecule has 2 aromatic rings. The highest BCUT2D eigenvalue weighted by Gasteiger charge is 2.04. The fourth-order valence-electron chi connectivity index (χ4n) is 1.42. The average molecular weight is 260 g/mol. The maximum atomic E-state index is 10.7. The summed E-state index contributed by atoms with van der Waals surface area (Å²) in [4.78, 5) is 14.9. The number of carboxylic acid groups (broad SMARTS) is 1. The summed E-state index contributed by atoms with van der Waals surface area (Å²) in [6, 6.07) is 10.4. The molecule has 0 saturated carbocycles. The molecule has 0 bridgehead atoms. The van der Waals surface area contributed by atoms with Crippen molar-refractivity contribution in [1.82, 2.24) is 4.98 Å². The normalized spacial score (nSPS) is 10.2.